The molecule has 11 nitrogen and oxygen atoms in total. The fourth-order valence-electron chi connectivity index (χ4n) is 3.50. The molecule has 1 aliphatic rings. The zero-order chi connectivity index (χ0) is 25.8. The number of hydrogen-bond donors (Lipinski definition) is 2. The minimum atomic E-state index is -4.17. The van der Waals surface area contributed by atoms with Crippen molar-refractivity contribution < 1.29 is 32.3 Å². The van der Waals surface area contributed by atoms with Crippen LogP contribution in [0.4, 0.5) is 4.39 Å². The second-order valence-corrected chi connectivity index (χ2v) is 10.3. The van der Waals surface area contributed by atoms with Crippen LogP contribution in [0, 0.1) is 0 Å². The molecule has 0 spiro atoms. The van der Waals surface area contributed by atoms with Crippen LogP contribution in [0.2, 0.25) is 0 Å². The molecular formula is C22H29FN3O8P. The van der Waals surface area contributed by atoms with Crippen LogP contribution in [0.15, 0.2) is 52.2 Å². The molecule has 2 aromatic rings. The molecule has 2 heterocycles. The summed E-state index contributed by atoms with van der Waals surface area (Å²) in [6.07, 6.45) is -1.70. The molecule has 2 N–H and O–H groups in total. The minimum Gasteiger partial charge on any atom is -0.462 e. The van der Waals surface area contributed by atoms with E-state index < -0.39 is 49.0 Å². The van der Waals surface area contributed by atoms with Gasteiger partial charge in [0.2, 0.25) is 0 Å². The number of nitrogens with zero attached hydrogens (tertiary/aromatic N) is 1. The van der Waals surface area contributed by atoms with Crippen molar-refractivity contribution >= 4 is 13.7 Å². The summed E-state index contributed by atoms with van der Waals surface area (Å²) in [5.41, 5.74) is -3.45. The van der Waals surface area contributed by atoms with Crippen LogP contribution in [0.1, 0.15) is 40.3 Å². The normalized spacial score (nSPS) is 24.6. The Morgan fingerprint density at radius 1 is 1.29 bits per heavy atom. The number of ether oxygens (including phenoxy) is 2. The quantitative estimate of drug-likeness (QED) is 0.363. The fourth-order valence-corrected chi connectivity index (χ4v) is 5.02. The second-order valence-electron chi connectivity index (χ2n) is 8.64. The Labute approximate surface area is 201 Å². The number of esters is 1. The van der Waals surface area contributed by atoms with Crippen molar-refractivity contribution in [2.45, 2.75) is 64.3 Å². The first kappa shape index (κ1) is 26.8. The SMILES string of the molecule is CC(C)OC(=O)[C@H](C)N[P@](=O)(OCC1CC(C)(F)C(n2ccc(=O)[nH]c2=O)O1)Oc1ccccc1. The molecule has 0 amide bonds. The Hall–Kier alpha value is -2.79. The highest BCUT2D eigenvalue weighted by Crippen LogP contribution is 2.47. The largest absolute Gasteiger partial charge is 0.462 e. The van der Waals surface area contributed by atoms with Gasteiger partial charge < -0.3 is 14.0 Å². The predicted octanol–water partition coefficient (Wildman–Crippen LogP) is 2.69. The Bertz CT molecular complexity index is 1180. The van der Waals surface area contributed by atoms with E-state index in [9.17, 15) is 18.9 Å². The van der Waals surface area contributed by atoms with E-state index in [1.54, 1.807) is 44.2 Å². The standard InChI is InChI=1S/C22H29FN3O8P/c1-14(2)32-19(28)15(3)25-35(30,34-16-8-6-5-7-9-16)31-13-17-12-22(4,23)20(33-17)26-11-10-18(27)24-21(26)29/h5-11,14-15,17,20H,12-13H2,1-4H3,(H,25,30)(H,24,27,29)/t15-,17?,20?,22?,35-/m0/s1. The van der Waals surface area contributed by atoms with Crippen molar-refractivity contribution in [2.75, 3.05) is 6.61 Å². The summed E-state index contributed by atoms with van der Waals surface area (Å²) in [5.74, 6) is -0.445. The van der Waals surface area contributed by atoms with Gasteiger partial charge in [0.05, 0.1) is 18.8 Å². The molecule has 3 unspecified atom stereocenters. The Morgan fingerprint density at radius 2 is 1.97 bits per heavy atom. The molecule has 35 heavy (non-hydrogen) atoms. The minimum absolute atomic E-state index is 0.195. The Morgan fingerprint density at radius 3 is 2.60 bits per heavy atom. The highest BCUT2D eigenvalue weighted by molar-refractivity contribution is 7.52. The van der Waals surface area contributed by atoms with Gasteiger partial charge in [0.15, 0.2) is 11.9 Å². The first-order chi connectivity index (χ1) is 16.4. The monoisotopic (exact) mass is 513 g/mol. The van der Waals surface area contributed by atoms with E-state index in [0.717, 1.165) is 16.8 Å². The number of para-hydroxylation sites is 1. The lowest BCUT2D eigenvalue weighted by molar-refractivity contribution is -0.149. The van der Waals surface area contributed by atoms with Crippen molar-refractivity contribution in [3.8, 4) is 5.75 Å². The summed E-state index contributed by atoms with van der Waals surface area (Å²) in [6.45, 7) is 5.67. The molecule has 13 heteroatoms. The summed E-state index contributed by atoms with van der Waals surface area (Å²) >= 11 is 0. The summed E-state index contributed by atoms with van der Waals surface area (Å²) in [6, 6.07) is 8.20. The summed E-state index contributed by atoms with van der Waals surface area (Å²) in [5, 5.41) is 2.54. The number of carbonyl (C=O) groups excluding carboxylic acids is 1. The van der Waals surface area contributed by atoms with Crippen LogP contribution in [0.5, 0.6) is 5.75 Å². The lowest BCUT2D eigenvalue weighted by Gasteiger charge is -2.24. The molecule has 0 saturated carbocycles. The first-order valence-electron chi connectivity index (χ1n) is 11.0. The fraction of sp³-hybridized carbons (Fsp3) is 0.500. The average Bonchev–Trinajstić information content (AvgIpc) is 3.06. The van der Waals surface area contributed by atoms with E-state index in [0.29, 0.717) is 0 Å². The lowest BCUT2D eigenvalue weighted by Crippen LogP contribution is -2.38. The van der Waals surface area contributed by atoms with Crippen LogP contribution >= 0.6 is 7.75 Å². The number of nitrogens with one attached hydrogen (secondary N) is 2. The van der Waals surface area contributed by atoms with Crippen molar-refractivity contribution in [1.29, 1.82) is 0 Å². The number of halogens is 1. The van der Waals surface area contributed by atoms with Gasteiger partial charge in [-0.1, -0.05) is 18.2 Å². The maximum atomic E-state index is 15.3. The number of hydrogen-bond acceptors (Lipinski definition) is 8. The van der Waals surface area contributed by atoms with Gasteiger partial charge in [0.25, 0.3) is 5.56 Å². The number of benzene rings is 1. The second kappa shape index (κ2) is 10.9. The first-order valence-corrected chi connectivity index (χ1v) is 12.6. The molecule has 0 aliphatic carbocycles. The van der Waals surface area contributed by atoms with Crippen LogP contribution in [0.3, 0.4) is 0 Å². The molecule has 1 saturated heterocycles. The molecular weight excluding hydrogens is 484 g/mol. The molecule has 0 radical (unpaired) electrons. The summed E-state index contributed by atoms with van der Waals surface area (Å²) < 4.78 is 51.7. The Balaban J connectivity index is 1.75. The van der Waals surface area contributed by atoms with Crippen LogP contribution in [0.25, 0.3) is 0 Å². The predicted molar refractivity (Wildman–Crippen MR) is 124 cm³/mol. The highest BCUT2D eigenvalue weighted by atomic mass is 31.2. The lowest BCUT2D eigenvalue weighted by atomic mass is 10.0. The third kappa shape index (κ3) is 7.11. The van der Waals surface area contributed by atoms with E-state index in [1.165, 1.54) is 13.8 Å². The molecule has 1 fully saturated rings. The maximum absolute atomic E-state index is 15.3. The number of alkyl halides is 1. The van der Waals surface area contributed by atoms with E-state index in [4.69, 9.17) is 18.5 Å². The van der Waals surface area contributed by atoms with Gasteiger partial charge in [-0.25, -0.2) is 13.8 Å². The van der Waals surface area contributed by atoms with Crippen LogP contribution in [-0.2, 0) is 23.4 Å². The molecule has 1 aliphatic heterocycles. The molecule has 192 valence electrons. The smallest absolute Gasteiger partial charge is 0.459 e. The molecule has 0 bridgehead atoms. The average molecular weight is 513 g/mol. The number of carbonyl (C=O) groups is 1. The highest BCUT2D eigenvalue weighted by Gasteiger charge is 2.48. The number of aromatic nitrogens is 2. The summed E-state index contributed by atoms with van der Waals surface area (Å²) in [7, 11) is -4.17. The van der Waals surface area contributed by atoms with Gasteiger partial charge >= 0.3 is 19.4 Å². The van der Waals surface area contributed by atoms with Gasteiger partial charge in [-0.3, -0.25) is 23.7 Å². The van der Waals surface area contributed by atoms with Crippen molar-refractivity contribution in [3.05, 3.63) is 63.4 Å². The van der Waals surface area contributed by atoms with E-state index in [2.05, 4.69) is 10.1 Å². The van der Waals surface area contributed by atoms with Crippen LogP contribution < -0.4 is 20.9 Å². The van der Waals surface area contributed by atoms with Gasteiger partial charge in [-0.05, 0) is 39.8 Å². The zero-order valence-corrected chi connectivity index (χ0v) is 20.7. The van der Waals surface area contributed by atoms with Crippen LogP contribution in [-0.4, -0.2) is 46.0 Å². The third-order valence-corrected chi connectivity index (χ3v) is 6.67. The third-order valence-electron chi connectivity index (χ3n) is 5.02. The van der Waals surface area contributed by atoms with Gasteiger partial charge in [-0.15, -0.1) is 0 Å². The van der Waals surface area contributed by atoms with Gasteiger partial charge in [-0.2, -0.15) is 5.09 Å². The van der Waals surface area contributed by atoms with E-state index in [1.807, 2.05) is 0 Å². The number of H-pyrrole nitrogens is 1. The topological polar surface area (TPSA) is 138 Å². The maximum Gasteiger partial charge on any atom is 0.459 e. The van der Waals surface area contributed by atoms with E-state index >= 15 is 4.39 Å². The molecule has 5 atom stereocenters. The summed E-state index contributed by atoms with van der Waals surface area (Å²) in [4.78, 5) is 37.7. The van der Waals surface area contributed by atoms with Crippen molar-refractivity contribution in [3.63, 3.8) is 0 Å². The van der Waals surface area contributed by atoms with Crippen molar-refractivity contribution in [2.24, 2.45) is 0 Å². The van der Waals surface area contributed by atoms with Gasteiger partial charge in [0.1, 0.15) is 11.8 Å². The van der Waals surface area contributed by atoms with E-state index in [-0.39, 0.29) is 24.9 Å². The van der Waals surface area contributed by atoms with Crippen molar-refractivity contribution in [1.82, 2.24) is 14.6 Å². The number of rotatable bonds is 10. The van der Waals surface area contributed by atoms with Gasteiger partial charge in [0, 0.05) is 18.7 Å². The zero-order valence-electron chi connectivity index (χ0n) is 19.8. The number of aromatic amines is 1. The molecule has 3 rings (SSSR count). The molecule has 1 aromatic carbocycles. The molecule has 1 aromatic heterocycles. The Kier molecular flexibility index (Phi) is 8.32.